The van der Waals surface area contributed by atoms with Gasteiger partial charge < -0.3 is 0 Å². The van der Waals surface area contributed by atoms with Crippen molar-refractivity contribution in [2.24, 2.45) is 5.92 Å². The van der Waals surface area contributed by atoms with Gasteiger partial charge in [-0.15, -0.1) is 0 Å². The molecule has 14 heavy (non-hydrogen) atoms. The fraction of sp³-hybridized carbons (Fsp3) is 0.231. The maximum atomic E-state index is 3.49. The van der Waals surface area contributed by atoms with Crippen molar-refractivity contribution >= 4 is 28.1 Å². The molecule has 1 aromatic rings. The number of hydrogen-bond acceptors (Lipinski definition) is 0. The Kier molecular flexibility index (Phi) is 2.87. The highest BCUT2D eigenvalue weighted by Gasteiger charge is 2.04. The van der Waals surface area contributed by atoms with Crippen LogP contribution < -0.4 is 0 Å². The van der Waals surface area contributed by atoms with Crippen LogP contribution in [-0.4, -0.2) is 0 Å². The third kappa shape index (κ3) is 1.98. The fourth-order valence-electron chi connectivity index (χ4n) is 1.63. The lowest BCUT2D eigenvalue weighted by Crippen LogP contribution is -1.84. The molecule has 1 aromatic carbocycles. The topological polar surface area (TPSA) is 0 Å². The van der Waals surface area contributed by atoms with Crippen molar-refractivity contribution in [1.29, 1.82) is 0 Å². The molecule has 0 radical (unpaired) electrons. The van der Waals surface area contributed by atoms with E-state index in [-0.39, 0.29) is 0 Å². The van der Waals surface area contributed by atoms with Crippen molar-refractivity contribution in [2.45, 2.75) is 13.3 Å². The van der Waals surface area contributed by atoms with Crippen molar-refractivity contribution in [3.05, 3.63) is 46.0 Å². The Morgan fingerprint density at radius 3 is 2.57 bits per heavy atom. The zero-order chi connectivity index (χ0) is 9.97. The molecule has 0 heterocycles. The number of hydrogen-bond donors (Lipinski definition) is 0. The summed E-state index contributed by atoms with van der Waals surface area (Å²) in [7, 11) is 0. The van der Waals surface area contributed by atoms with Crippen LogP contribution in [0.15, 0.2) is 34.8 Å². The van der Waals surface area contributed by atoms with E-state index < -0.39 is 0 Å². The molecule has 0 aromatic heterocycles. The van der Waals surface area contributed by atoms with E-state index in [2.05, 4.69) is 65.4 Å². The molecule has 0 fully saturated rings. The zero-order valence-corrected chi connectivity index (χ0v) is 9.79. The van der Waals surface area contributed by atoms with E-state index in [1.807, 2.05) is 0 Å². The van der Waals surface area contributed by atoms with Crippen LogP contribution in [0.2, 0.25) is 0 Å². The standard InChI is InChI=1S/C13H13Br/c1-2-10-3-5-11-7-8-13(14)9-12(11)6-4-10/h3-10H,2H2,1H3. The van der Waals surface area contributed by atoms with Crippen LogP contribution in [0.3, 0.4) is 0 Å². The van der Waals surface area contributed by atoms with Crippen LogP contribution in [0.1, 0.15) is 24.5 Å². The second-order valence-corrected chi connectivity index (χ2v) is 4.48. The van der Waals surface area contributed by atoms with E-state index in [9.17, 15) is 0 Å². The second kappa shape index (κ2) is 4.14. The van der Waals surface area contributed by atoms with Crippen molar-refractivity contribution in [3.8, 4) is 0 Å². The molecule has 0 bridgehead atoms. The molecule has 0 amide bonds. The molecule has 1 heteroatoms. The predicted molar refractivity (Wildman–Crippen MR) is 66.0 cm³/mol. The van der Waals surface area contributed by atoms with Gasteiger partial charge >= 0.3 is 0 Å². The summed E-state index contributed by atoms with van der Waals surface area (Å²) in [5, 5.41) is 0. The molecule has 1 atom stereocenters. The van der Waals surface area contributed by atoms with Gasteiger partial charge in [-0.3, -0.25) is 0 Å². The normalized spacial score (nSPS) is 19.1. The summed E-state index contributed by atoms with van der Waals surface area (Å²) in [6.07, 6.45) is 10.2. The molecule has 0 nitrogen and oxygen atoms in total. The first kappa shape index (κ1) is 9.72. The van der Waals surface area contributed by atoms with Gasteiger partial charge in [0, 0.05) is 4.47 Å². The summed E-state index contributed by atoms with van der Waals surface area (Å²) in [6, 6.07) is 6.40. The number of allylic oxidation sites excluding steroid dienone is 2. The van der Waals surface area contributed by atoms with Crippen molar-refractivity contribution in [3.63, 3.8) is 0 Å². The highest BCUT2D eigenvalue weighted by atomic mass is 79.9. The van der Waals surface area contributed by atoms with Gasteiger partial charge in [0.25, 0.3) is 0 Å². The van der Waals surface area contributed by atoms with E-state index in [1.54, 1.807) is 0 Å². The van der Waals surface area contributed by atoms with Gasteiger partial charge in [0.2, 0.25) is 0 Å². The van der Waals surface area contributed by atoms with Crippen LogP contribution >= 0.6 is 15.9 Å². The molecule has 0 N–H and O–H groups in total. The average molecular weight is 249 g/mol. The monoisotopic (exact) mass is 248 g/mol. The van der Waals surface area contributed by atoms with Crippen LogP contribution in [0, 0.1) is 5.92 Å². The number of benzene rings is 1. The summed E-state index contributed by atoms with van der Waals surface area (Å²) >= 11 is 3.49. The first-order valence-electron chi connectivity index (χ1n) is 4.95. The van der Waals surface area contributed by atoms with Gasteiger partial charge in [0.05, 0.1) is 0 Å². The third-order valence-electron chi connectivity index (χ3n) is 2.57. The van der Waals surface area contributed by atoms with E-state index >= 15 is 0 Å². The van der Waals surface area contributed by atoms with Crippen molar-refractivity contribution in [2.75, 3.05) is 0 Å². The zero-order valence-electron chi connectivity index (χ0n) is 8.20. The van der Waals surface area contributed by atoms with Gasteiger partial charge in [-0.05, 0) is 35.6 Å². The summed E-state index contributed by atoms with van der Waals surface area (Å²) < 4.78 is 1.14. The van der Waals surface area contributed by atoms with Crippen LogP contribution in [0.4, 0.5) is 0 Å². The SMILES string of the molecule is CCC1C=Cc2ccc(Br)cc2C=C1. The van der Waals surface area contributed by atoms with Crippen molar-refractivity contribution in [1.82, 2.24) is 0 Å². The Morgan fingerprint density at radius 2 is 1.86 bits per heavy atom. The Labute approximate surface area is 93.5 Å². The molecule has 2 rings (SSSR count). The van der Waals surface area contributed by atoms with E-state index in [0.717, 1.165) is 4.47 Å². The van der Waals surface area contributed by atoms with Crippen LogP contribution in [-0.2, 0) is 0 Å². The Balaban J connectivity index is 2.43. The molecule has 1 aliphatic rings. The molecule has 0 spiro atoms. The lowest BCUT2D eigenvalue weighted by atomic mass is 10.1. The highest BCUT2D eigenvalue weighted by molar-refractivity contribution is 9.10. The maximum absolute atomic E-state index is 3.49. The molecular formula is C13H13Br. The molecule has 1 aliphatic carbocycles. The lowest BCUT2D eigenvalue weighted by Gasteiger charge is -1.99. The first-order chi connectivity index (χ1) is 6.79. The Hall–Kier alpha value is -0.820. The van der Waals surface area contributed by atoms with Gasteiger partial charge in [-0.1, -0.05) is 53.2 Å². The van der Waals surface area contributed by atoms with Crippen molar-refractivity contribution < 1.29 is 0 Å². The third-order valence-corrected chi connectivity index (χ3v) is 3.06. The minimum Gasteiger partial charge on any atom is -0.0770 e. The predicted octanol–water partition coefficient (Wildman–Crippen LogP) is 4.52. The highest BCUT2D eigenvalue weighted by Crippen LogP contribution is 2.24. The Morgan fingerprint density at radius 1 is 1.14 bits per heavy atom. The van der Waals surface area contributed by atoms with Crippen LogP contribution in [0.5, 0.6) is 0 Å². The summed E-state index contributed by atoms with van der Waals surface area (Å²) in [5.41, 5.74) is 2.60. The molecule has 0 aliphatic heterocycles. The van der Waals surface area contributed by atoms with Gasteiger partial charge in [-0.25, -0.2) is 0 Å². The minimum atomic E-state index is 0.584. The fourth-order valence-corrected chi connectivity index (χ4v) is 2.01. The molecule has 0 saturated heterocycles. The molecule has 72 valence electrons. The largest absolute Gasteiger partial charge is 0.0770 e. The quantitative estimate of drug-likeness (QED) is 0.686. The Bertz CT molecular complexity index is 388. The van der Waals surface area contributed by atoms with E-state index in [4.69, 9.17) is 0 Å². The summed E-state index contributed by atoms with van der Waals surface area (Å²) in [5.74, 6) is 0.584. The lowest BCUT2D eigenvalue weighted by molar-refractivity contribution is 0.782. The molecule has 0 saturated carbocycles. The number of halogens is 1. The molecular weight excluding hydrogens is 236 g/mol. The number of rotatable bonds is 1. The van der Waals surface area contributed by atoms with E-state index in [1.165, 1.54) is 17.5 Å². The summed E-state index contributed by atoms with van der Waals surface area (Å²) in [6.45, 7) is 2.21. The van der Waals surface area contributed by atoms with Gasteiger partial charge in [0.15, 0.2) is 0 Å². The van der Waals surface area contributed by atoms with E-state index in [0.29, 0.717) is 5.92 Å². The molecule has 1 unspecified atom stereocenters. The van der Waals surface area contributed by atoms with Gasteiger partial charge in [0.1, 0.15) is 0 Å². The van der Waals surface area contributed by atoms with Gasteiger partial charge in [-0.2, -0.15) is 0 Å². The second-order valence-electron chi connectivity index (χ2n) is 3.56. The van der Waals surface area contributed by atoms with Crippen LogP contribution in [0.25, 0.3) is 12.2 Å². The maximum Gasteiger partial charge on any atom is 0.0181 e. The first-order valence-corrected chi connectivity index (χ1v) is 5.75. The minimum absolute atomic E-state index is 0.584. The summed E-state index contributed by atoms with van der Waals surface area (Å²) in [4.78, 5) is 0. The average Bonchev–Trinajstić information content (AvgIpc) is 2.39. The number of fused-ring (bicyclic) bond motifs is 1. The smallest absolute Gasteiger partial charge is 0.0181 e.